The van der Waals surface area contributed by atoms with Gasteiger partial charge in [-0.1, -0.05) is 29.8 Å². The SMILES string of the molecule is CC(N)CCc1ccc(OCc2ccc(Cl)c(F)c2)cc1. The van der Waals surface area contributed by atoms with Crippen molar-refractivity contribution in [1.82, 2.24) is 0 Å². The van der Waals surface area contributed by atoms with Gasteiger partial charge in [0.15, 0.2) is 0 Å². The van der Waals surface area contributed by atoms with Gasteiger partial charge >= 0.3 is 0 Å². The van der Waals surface area contributed by atoms with Gasteiger partial charge < -0.3 is 10.5 Å². The molecule has 0 fully saturated rings. The minimum atomic E-state index is -0.427. The van der Waals surface area contributed by atoms with Crippen LogP contribution in [-0.4, -0.2) is 6.04 Å². The van der Waals surface area contributed by atoms with Gasteiger partial charge in [-0.25, -0.2) is 4.39 Å². The molecule has 112 valence electrons. The number of aryl methyl sites for hydroxylation is 1. The van der Waals surface area contributed by atoms with E-state index in [2.05, 4.69) is 0 Å². The van der Waals surface area contributed by atoms with E-state index in [4.69, 9.17) is 22.1 Å². The maximum atomic E-state index is 13.3. The van der Waals surface area contributed by atoms with Crippen molar-refractivity contribution in [1.29, 1.82) is 0 Å². The van der Waals surface area contributed by atoms with E-state index in [1.165, 1.54) is 17.7 Å². The molecule has 0 saturated heterocycles. The zero-order valence-corrected chi connectivity index (χ0v) is 12.7. The van der Waals surface area contributed by atoms with Crippen LogP contribution in [-0.2, 0) is 13.0 Å². The molecule has 1 atom stereocenters. The van der Waals surface area contributed by atoms with E-state index in [9.17, 15) is 4.39 Å². The van der Waals surface area contributed by atoms with Crippen LogP contribution in [0.2, 0.25) is 5.02 Å². The maximum Gasteiger partial charge on any atom is 0.142 e. The van der Waals surface area contributed by atoms with Crippen LogP contribution in [0.15, 0.2) is 42.5 Å². The molecule has 2 aromatic carbocycles. The Hall–Kier alpha value is -1.58. The van der Waals surface area contributed by atoms with Gasteiger partial charge in [0.2, 0.25) is 0 Å². The predicted octanol–water partition coefficient (Wildman–Crippen LogP) is 4.34. The number of rotatable bonds is 6. The molecule has 0 aliphatic carbocycles. The molecular weight excluding hydrogens is 289 g/mol. The molecule has 2 N–H and O–H groups in total. The lowest BCUT2D eigenvalue weighted by Crippen LogP contribution is -2.15. The molecule has 2 nitrogen and oxygen atoms in total. The first-order valence-electron chi connectivity index (χ1n) is 6.96. The van der Waals surface area contributed by atoms with E-state index < -0.39 is 5.82 Å². The Morgan fingerprint density at radius 2 is 1.81 bits per heavy atom. The third-order valence-electron chi connectivity index (χ3n) is 3.20. The molecule has 0 aliphatic rings. The van der Waals surface area contributed by atoms with Crippen LogP contribution in [0.25, 0.3) is 0 Å². The molecule has 0 heterocycles. The lowest BCUT2D eigenvalue weighted by Gasteiger charge is -2.09. The summed E-state index contributed by atoms with van der Waals surface area (Å²) < 4.78 is 18.9. The Labute approximate surface area is 129 Å². The quantitative estimate of drug-likeness (QED) is 0.861. The molecule has 0 spiro atoms. The molecule has 21 heavy (non-hydrogen) atoms. The molecule has 0 radical (unpaired) electrons. The Morgan fingerprint density at radius 1 is 1.14 bits per heavy atom. The monoisotopic (exact) mass is 307 g/mol. The fourth-order valence-corrected chi connectivity index (χ4v) is 2.06. The summed E-state index contributed by atoms with van der Waals surface area (Å²) in [5, 5.41) is 0.122. The van der Waals surface area contributed by atoms with Gasteiger partial charge in [0.1, 0.15) is 18.2 Å². The van der Waals surface area contributed by atoms with Crippen LogP contribution in [0.4, 0.5) is 4.39 Å². The van der Waals surface area contributed by atoms with Crippen LogP contribution in [0.3, 0.4) is 0 Å². The molecule has 0 amide bonds. The third-order valence-corrected chi connectivity index (χ3v) is 3.51. The van der Waals surface area contributed by atoms with Gasteiger partial charge in [0, 0.05) is 6.04 Å². The first kappa shape index (κ1) is 15.8. The number of nitrogens with two attached hydrogens (primary N) is 1. The van der Waals surface area contributed by atoms with Crippen LogP contribution in [0.5, 0.6) is 5.75 Å². The number of hydrogen-bond donors (Lipinski definition) is 1. The van der Waals surface area contributed by atoms with Gasteiger partial charge in [0.05, 0.1) is 5.02 Å². The number of ether oxygens (including phenoxy) is 1. The second-order valence-electron chi connectivity index (χ2n) is 5.20. The zero-order valence-electron chi connectivity index (χ0n) is 12.0. The standard InChI is InChI=1S/C17H19ClFNO/c1-12(20)2-3-13-4-7-15(8-5-13)21-11-14-6-9-16(18)17(19)10-14/h4-10,12H,2-3,11,20H2,1H3. The Morgan fingerprint density at radius 3 is 2.43 bits per heavy atom. The summed E-state index contributed by atoms with van der Waals surface area (Å²) >= 11 is 5.64. The average molecular weight is 308 g/mol. The van der Waals surface area contributed by atoms with Crippen molar-refractivity contribution in [3.63, 3.8) is 0 Å². The van der Waals surface area contributed by atoms with Gasteiger partial charge in [-0.3, -0.25) is 0 Å². The predicted molar refractivity (Wildman–Crippen MR) is 84.2 cm³/mol. The van der Waals surface area contributed by atoms with Crippen LogP contribution >= 0.6 is 11.6 Å². The van der Waals surface area contributed by atoms with Crippen LogP contribution in [0, 0.1) is 5.82 Å². The first-order chi connectivity index (χ1) is 10.0. The van der Waals surface area contributed by atoms with E-state index in [0.717, 1.165) is 24.2 Å². The van der Waals surface area contributed by atoms with Gasteiger partial charge in [-0.2, -0.15) is 0 Å². The van der Waals surface area contributed by atoms with Crippen molar-refractivity contribution in [3.05, 3.63) is 64.4 Å². The molecule has 0 bridgehead atoms. The molecule has 2 rings (SSSR count). The summed E-state index contributed by atoms with van der Waals surface area (Å²) in [4.78, 5) is 0. The summed E-state index contributed by atoms with van der Waals surface area (Å²) in [6.07, 6.45) is 1.92. The maximum absolute atomic E-state index is 13.3. The Kier molecular flexibility index (Phi) is 5.59. The second-order valence-corrected chi connectivity index (χ2v) is 5.60. The third kappa shape index (κ3) is 5.03. The summed E-state index contributed by atoms with van der Waals surface area (Å²) in [6.45, 7) is 2.32. The smallest absolute Gasteiger partial charge is 0.142 e. The van der Waals surface area contributed by atoms with Crippen molar-refractivity contribution < 1.29 is 9.13 Å². The lowest BCUT2D eigenvalue weighted by atomic mass is 10.1. The molecule has 1 unspecified atom stereocenters. The number of hydrogen-bond acceptors (Lipinski definition) is 2. The molecule has 0 saturated carbocycles. The molecule has 0 aliphatic heterocycles. The topological polar surface area (TPSA) is 35.2 Å². The first-order valence-corrected chi connectivity index (χ1v) is 7.33. The van der Waals surface area contributed by atoms with E-state index >= 15 is 0 Å². The largest absolute Gasteiger partial charge is 0.489 e. The fraction of sp³-hybridized carbons (Fsp3) is 0.294. The number of benzene rings is 2. The average Bonchev–Trinajstić information content (AvgIpc) is 2.47. The minimum absolute atomic E-state index is 0.122. The van der Waals surface area contributed by atoms with Gasteiger partial charge in [-0.05, 0) is 55.2 Å². The van der Waals surface area contributed by atoms with Gasteiger partial charge in [-0.15, -0.1) is 0 Å². The summed E-state index contributed by atoms with van der Waals surface area (Å²) in [7, 11) is 0. The summed E-state index contributed by atoms with van der Waals surface area (Å²) in [5.74, 6) is 0.332. The van der Waals surface area contributed by atoms with Crippen molar-refractivity contribution in [2.45, 2.75) is 32.4 Å². The van der Waals surface area contributed by atoms with Crippen molar-refractivity contribution in [2.24, 2.45) is 5.73 Å². The Bertz CT molecular complexity index is 584. The van der Waals surface area contributed by atoms with Crippen molar-refractivity contribution >= 4 is 11.6 Å². The van der Waals surface area contributed by atoms with Crippen molar-refractivity contribution in [2.75, 3.05) is 0 Å². The zero-order chi connectivity index (χ0) is 15.2. The minimum Gasteiger partial charge on any atom is -0.489 e. The molecule has 2 aromatic rings. The molecular formula is C17H19ClFNO. The normalized spacial score (nSPS) is 12.2. The number of halogens is 2. The van der Waals surface area contributed by atoms with E-state index in [1.54, 1.807) is 6.07 Å². The molecule has 4 heteroatoms. The highest BCUT2D eigenvalue weighted by molar-refractivity contribution is 6.30. The van der Waals surface area contributed by atoms with E-state index in [-0.39, 0.29) is 11.1 Å². The van der Waals surface area contributed by atoms with Crippen molar-refractivity contribution in [3.8, 4) is 5.75 Å². The Balaban J connectivity index is 1.89. The lowest BCUT2D eigenvalue weighted by molar-refractivity contribution is 0.305. The summed E-state index contributed by atoms with van der Waals surface area (Å²) in [6, 6.07) is 12.8. The highest BCUT2D eigenvalue weighted by Crippen LogP contribution is 2.18. The molecule has 0 aromatic heterocycles. The van der Waals surface area contributed by atoms with E-state index in [1.807, 2.05) is 31.2 Å². The second kappa shape index (κ2) is 7.43. The van der Waals surface area contributed by atoms with Gasteiger partial charge in [0.25, 0.3) is 0 Å². The van der Waals surface area contributed by atoms with Crippen LogP contribution < -0.4 is 10.5 Å². The highest BCUT2D eigenvalue weighted by atomic mass is 35.5. The fourth-order valence-electron chi connectivity index (χ4n) is 1.94. The van der Waals surface area contributed by atoms with Crippen LogP contribution in [0.1, 0.15) is 24.5 Å². The van der Waals surface area contributed by atoms with E-state index in [0.29, 0.717) is 6.61 Å². The highest BCUT2D eigenvalue weighted by Gasteiger charge is 2.03. The summed E-state index contributed by atoms with van der Waals surface area (Å²) in [5.41, 5.74) is 7.72.